The summed E-state index contributed by atoms with van der Waals surface area (Å²) in [6, 6.07) is 1.40. The Labute approximate surface area is 156 Å². The van der Waals surface area contributed by atoms with E-state index in [0.717, 1.165) is 0 Å². The highest BCUT2D eigenvalue weighted by atomic mass is 16.4. The summed E-state index contributed by atoms with van der Waals surface area (Å²) in [5.74, 6) is -2.78. The first-order valence-electron chi connectivity index (χ1n) is 8.43. The molecule has 0 saturated heterocycles. The van der Waals surface area contributed by atoms with E-state index in [2.05, 4.69) is 15.6 Å². The maximum Gasteiger partial charge on any atom is 0.388 e. The smallest absolute Gasteiger partial charge is 0.388 e. The van der Waals surface area contributed by atoms with Gasteiger partial charge in [0.05, 0.1) is 0 Å². The number of nitrogens with two attached hydrogens (primary N) is 1. The van der Waals surface area contributed by atoms with Crippen LogP contribution in [0.1, 0.15) is 31.7 Å². The summed E-state index contributed by atoms with van der Waals surface area (Å²) < 4.78 is 0. The molecule has 0 aliphatic heterocycles. The van der Waals surface area contributed by atoms with Gasteiger partial charge in [-0.3, -0.25) is 9.59 Å². The van der Waals surface area contributed by atoms with Crippen LogP contribution >= 0.6 is 0 Å². The molecule has 1 rings (SSSR count). The van der Waals surface area contributed by atoms with Gasteiger partial charge in [-0.2, -0.15) is 0 Å². The van der Waals surface area contributed by atoms with Gasteiger partial charge in [0.2, 0.25) is 17.2 Å². The number of benzene rings is 1. The van der Waals surface area contributed by atoms with Crippen LogP contribution in [0.2, 0.25) is 0 Å². The second kappa shape index (κ2) is 10.7. The van der Waals surface area contributed by atoms with Crippen molar-refractivity contribution in [2.24, 2.45) is 5.73 Å². The fourth-order valence-corrected chi connectivity index (χ4v) is 2.52. The number of rotatable bonds is 10. The van der Waals surface area contributed by atoms with Gasteiger partial charge in [0, 0.05) is 25.0 Å². The highest BCUT2D eigenvalue weighted by Crippen LogP contribution is 2.24. The zero-order chi connectivity index (χ0) is 20.4. The van der Waals surface area contributed by atoms with Crippen LogP contribution in [0.5, 0.6) is 5.75 Å². The van der Waals surface area contributed by atoms with Gasteiger partial charge < -0.3 is 26.6 Å². The average molecular weight is 377 g/mol. The third kappa shape index (κ3) is 7.29. The molecule has 0 aromatic heterocycles. The Hall–Kier alpha value is -3.19. The zero-order valence-electron chi connectivity index (χ0n) is 15.0. The van der Waals surface area contributed by atoms with E-state index in [1.807, 2.05) is 0 Å². The Morgan fingerprint density at radius 2 is 1.96 bits per heavy atom. The predicted octanol–water partition coefficient (Wildman–Crippen LogP) is -0.00962. The summed E-state index contributed by atoms with van der Waals surface area (Å²) in [7, 11) is 0. The Morgan fingerprint density at radius 3 is 2.52 bits per heavy atom. The Kier molecular flexibility index (Phi) is 8.68. The molecular formula is C17H23N5O5. The molecule has 1 aromatic carbocycles. The molecule has 0 heterocycles. The summed E-state index contributed by atoms with van der Waals surface area (Å²) in [5.41, 5.74) is 5.71. The molecule has 10 nitrogen and oxygen atoms in total. The molecule has 0 spiro atoms. The molecule has 2 atom stereocenters. The van der Waals surface area contributed by atoms with Crippen LogP contribution in [0.4, 0.5) is 5.69 Å². The fraction of sp³-hybridized carbons (Fsp3) is 0.471. The normalized spacial score (nSPS) is 12.5. The number of nitrogens with one attached hydrogen (secondary N) is 2. The number of carbonyl (C=O) groups excluding carboxylic acids is 2. The van der Waals surface area contributed by atoms with E-state index in [1.54, 1.807) is 0 Å². The third-order valence-electron chi connectivity index (χ3n) is 3.84. The lowest BCUT2D eigenvalue weighted by Gasteiger charge is -2.21. The van der Waals surface area contributed by atoms with E-state index >= 15 is 0 Å². The van der Waals surface area contributed by atoms with E-state index in [-0.39, 0.29) is 29.8 Å². The lowest BCUT2D eigenvalue weighted by molar-refractivity contribution is -0.268. The lowest BCUT2D eigenvalue weighted by atomic mass is 10.0. The summed E-state index contributed by atoms with van der Waals surface area (Å²) in [5, 5.41) is 34.7. The van der Waals surface area contributed by atoms with Crippen LogP contribution in [0.3, 0.4) is 0 Å². The van der Waals surface area contributed by atoms with Crippen LogP contribution in [-0.4, -0.2) is 41.5 Å². The number of carboxylic acid groups (broad SMARTS) is 1. The summed E-state index contributed by atoms with van der Waals surface area (Å²) in [4.78, 5) is 38.4. The molecule has 2 amide bonds. The van der Waals surface area contributed by atoms with Crippen molar-refractivity contribution in [3.05, 3.63) is 28.7 Å². The fourth-order valence-electron chi connectivity index (χ4n) is 2.52. The monoisotopic (exact) mass is 377 g/mol. The van der Waals surface area contributed by atoms with Gasteiger partial charge in [0.1, 0.15) is 12.1 Å². The molecule has 5 N–H and O–H groups in total. The van der Waals surface area contributed by atoms with Gasteiger partial charge in [-0.25, -0.2) is 4.79 Å². The van der Waals surface area contributed by atoms with E-state index in [1.165, 1.54) is 25.1 Å². The summed E-state index contributed by atoms with van der Waals surface area (Å²) >= 11 is 0. The number of diazo groups is 1. The van der Waals surface area contributed by atoms with Gasteiger partial charge in [-0.05, 0) is 25.8 Å². The van der Waals surface area contributed by atoms with Crippen LogP contribution in [0.25, 0.3) is 4.98 Å². The van der Waals surface area contributed by atoms with E-state index < -0.39 is 29.9 Å². The van der Waals surface area contributed by atoms with Gasteiger partial charge in [-0.15, -0.1) is 5.75 Å². The largest absolute Gasteiger partial charge is 0.872 e. The highest BCUT2D eigenvalue weighted by Gasteiger charge is 2.28. The minimum Gasteiger partial charge on any atom is -0.872 e. The van der Waals surface area contributed by atoms with E-state index in [0.29, 0.717) is 19.4 Å². The number of amides is 2. The molecule has 0 aliphatic rings. The third-order valence-corrected chi connectivity index (χ3v) is 3.84. The SMILES string of the molecule is CC(=O)N[C@@H](Cc1cc([O-])ccc1[N+]#N)C(=O)N[C@@H](CCCCN)C(=O)O. The van der Waals surface area contributed by atoms with Crippen LogP contribution in [-0.2, 0) is 20.8 Å². The summed E-state index contributed by atoms with van der Waals surface area (Å²) in [6.07, 6.45) is 1.19. The molecule has 0 fully saturated rings. The molecule has 27 heavy (non-hydrogen) atoms. The van der Waals surface area contributed by atoms with Crippen molar-refractivity contribution < 1.29 is 24.6 Å². The second-order valence-corrected chi connectivity index (χ2v) is 6.03. The number of unbranched alkanes of at least 4 members (excludes halogenated alkanes) is 1. The van der Waals surface area contributed by atoms with E-state index in [9.17, 15) is 24.6 Å². The molecule has 146 valence electrons. The molecule has 0 bridgehead atoms. The number of hydrogen-bond donors (Lipinski definition) is 4. The first kappa shape index (κ1) is 21.9. The van der Waals surface area contributed by atoms with Crippen molar-refractivity contribution >= 4 is 23.5 Å². The minimum absolute atomic E-state index is 0.0792. The molecular weight excluding hydrogens is 354 g/mol. The first-order valence-corrected chi connectivity index (χ1v) is 8.43. The minimum atomic E-state index is -1.20. The standard InChI is InChI=1S/C17H23N5O5/c1-10(23)20-15(9-11-8-12(24)5-6-13(11)22-19)16(25)21-14(17(26)27)4-2-3-7-18/h5-6,8,14-15H,2-4,7,9,18H2,1H3,(H3-,20,21,23,24,25,26,27)/t14-,15-/m0/s1. The second-order valence-electron chi connectivity index (χ2n) is 6.03. The van der Waals surface area contributed by atoms with Crippen molar-refractivity contribution in [2.45, 2.75) is 44.7 Å². The molecule has 0 unspecified atom stereocenters. The maximum absolute atomic E-state index is 12.5. The van der Waals surface area contributed by atoms with Crippen LogP contribution < -0.4 is 21.5 Å². The van der Waals surface area contributed by atoms with Crippen molar-refractivity contribution in [2.75, 3.05) is 6.54 Å². The van der Waals surface area contributed by atoms with Gasteiger partial charge >= 0.3 is 11.7 Å². The first-order chi connectivity index (χ1) is 12.8. The number of carboxylic acids is 1. The number of nitrogens with zero attached hydrogens (tertiary/aromatic N) is 2. The Balaban J connectivity index is 2.96. The molecule has 0 aliphatic carbocycles. The van der Waals surface area contributed by atoms with Crippen molar-refractivity contribution in [3.63, 3.8) is 0 Å². The van der Waals surface area contributed by atoms with Crippen LogP contribution in [0.15, 0.2) is 18.2 Å². The number of hydrogen-bond acceptors (Lipinski definition) is 6. The van der Waals surface area contributed by atoms with E-state index in [4.69, 9.17) is 11.1 Å². The molecule has 10 heteroatoms. The van der Waals surface area contributed by atoms with Gasteiger partial charge in [0.15, 0.2) is 4.98 Å². The molecule has 0 saturated carbocycles. The zero-order valence-corrected chi connectivity index (χ0v) is 15.0. The Bertz CT molecular complexity index is 731. The van der Waals surface area contributed by atoms with Crippen LogP contribution in [0, 0.1) is 5.39 Å². The quantitative estimate of drug-likeness (QED) is 0.328. The average Bonchev–Trinajstić information content (AvgIpc) is 2.60. The lowest BCUT2D eigenvalue weighted by Crippen LogP contribution is -2.52. The summed E-state index contributed by atoms with van der Waals surface area (Å²) in [6.45, 7) is 1.62. The Morgan fingerprint density at radius 1 is 1.26 bits per heavy atom. The van der Waals surface area contributed by atoms with Crippen molar-refractivity contribution in [1.29, 1.82) is 5.39 Å². The predicted molar refractivity (Wildman–Crippen MR) is 94.4 cm³/mol. The van der Waals surface area contributed by atoms with Gasteiger partial charge in [0.25, 0.3) is 0 Å². The number of aliphatic carboxylic acids is 1. The van der Waals surface area contributed by atoms with Crippen molar-refractivity contribution in [1.82, 2.24) is 10.6 Å². The maximum atomic E-state index is 12.5. The highest BCUT2D eigenvalue weighted by molar-refractivity contribution is 5.90. The van der Waals surface area contributed by atoms with Crippen molar-refractivity contribution in [3.8, 4) is 5.75 Å². The molecule has 0 radical (unpaired) electrons. The van der Waals surface area contributed by atoms with Gasteiger partial charge in [-0.1, -0.05) is 12.1 Å². The number of carbonyl (C=O) groups is 3. The molecule has 1 aromatic rings. The topological polar surface area (TPSA) is 173 Å².